The lowest BCUT2D eigenvalue weighted by Gasteiger charge is -2.23. The summed E-state index contributed by atoms with van der Waals surface area (Å²) in [7, 11) is 0. The van der Waals surface area contributed by atoms with Crippen molar-refractivity contribution in [1.29, 1.82) is 0 Å². The molecule has 0 bridgehead atoms. The molecule has 1 heterocycles. The molecule has 4 heteroatoms. The monoisotopic (exact) mass is 403 g/mol. The van der Waals surface area contributed by atoms with Crippen LogP contribution in [0.4, 0.5) is 5.69 Å². The first-order valence-corrected chi connectivity index (χ1v) is 10.5. The van der Waals surface area contributed by atoms with Gasteiger partial charge in [-0.1, -0.05) is 66.2 Å². The van der Waals surface area contributed by atoms with Crippen LogP contribution in [0.2, 0.25) is 5.02 Å². The predicted molar refractivity (Wildman–Crippen MR) is 120 cm³/mol. The Morgan fingerprint density at radius 3 is 2.29 bits per heavy atom. The van der Waals surface area contributed by atoms with E-state index in [4.69, 9.17) is 11.6 Å². The minimum atomic E-state index is -0.0321. The van der Waals surface area contributed by atoms with E-state index >= 15 is 0 Å². The molecule has 0 fully saturated rings. The van der Waals surface area contributed by atoms with Crippen LogP contribution in [-0.4, -0.2) is 12.2 Å². The third-order valence-corrected chi connectivity index (χ3v) is 5.61. The van der Waals surface area contributed by atoms with Gasteiger partial charge in [-0.25, -0.2) is 0 Å². The van der Waals surface area contributed by atoms with E-state index in [-0.39, 0.29) is 5.91 Å². The van der Waals surface area contributed by atoms with E-state index in [0.29, 0.717) is 10.6 Å². The summed E-state index contributed by atoms with van der Waals surface area (Å²) >= 11 is 7.70. The van der Waals surface area contributed by atoms with E-state index < -0.39 is 0 Å². The van der Waals surface area contributed by atoms with Crippen molar-refractivity contribution < 1.29 is 4.79 Å². The second-order valence-corrected chi connectivity index (χ2v) is 7.64. The Labute approximate surface area is 174 Å². The number of hydrogen-bond donors (Lipinski definition) is 0. The molecule has 3 aromatic carbocycles. The van der Waals surface area contributed by atoms with Crippen LogP contribution >= 0.6 is 23.4 Å². The maximum atomic E-state index is 13.4. The van der Waals surface area contributed by atoms with Crippen LogP contribution in [-0.2, 0) is 4.79 Å². The lowest BCUT2D eigenvalue weighted by atomic mass is 10.1. The fourth-order valence-corrected chi connectivity index (χ4v) is 3.94. The van der Waals surface area contributed by atoms with Gasteiger partial charge in [0.25, 0.3) is 5.91 Å². The van der Waals surface area contributed by atoms with Crippen molar-refractivity contribution in [2.24, 2.45) is 0 Å². The SMILES string of the molecule is CSc1ccccc1N1C(=O)/C(=C/c2ccccc2)C=C1c1ccc(Cl)cc1. The van der Waals surface area contributed by atoms with E-state index in [0.717, 1.165) is 27.4 Å². The number of rotatable bonds is 4. The quantitative estimate of drug-likeness (QED) is 0.364. The molecule has 1 aliphatic heterocycles. The summed E-state index contributed by atoms with van der Waals surface area (Å²) in [6.45, 7) is 0. The second-order valence-electron chi connectivity index (χ2n) is 6.36. The maximum Gasteiger partial charge on any atom is 0.262 e. The smallest absolute Gasteiger partial charge is 0.262 e. The molecule has 138 valence electrons. The zero-order chi connectivity index (χ0) is 19.5. The number of anilines is 1. The third kappa shape index (κ3) is 3.64. The zero-order valence-electron chi connectivity index (χ0n) is 15.3. The average Bonchev–Trinajstić information content (AvgIpc) is 3.05. The van der Waals surface area contributed by atoms with Crippen molar-refractivity contribution in [1.82, 2.24) is 0 Å². The highest BCUT2D eigenvalue weighted by atomic mass is 35.5. The van der Waals surface area contributed by atoms with Gasteiger partial charge < -0.3 is 0 Å². The first-order chi connectivity index (χ1) is 13.7. The number of halogens is 1. The van der Waals surface area contributed by atoms with Crippen molar-refractivity contribution >= 4 is 46.7 Å². The number of hydrogen-bond acceptors (Lipinski definition) is 2. The maximum absolute atomic E-state index is 13.4. The number of amides is 1. The third-order valence-electron chi connectivity index (χ3n) is 4.57. The highest BCUT2D eigenvalue weighted by Gasteiger charge is 2.31. The van der Waals surface area contributed by atoms with Gasteiger partial charge in [0.1, 0.15) is 0 Å². The van der Waals surface area contributed by atoms with Crippen LogP contribution in [0.1, 0.15) is 11.1 Å². The number of thioether (sulfide) groups is 1. The van der Waals surface area contributed by atoms with Gasteiger partial charge in [-0.15, -0.1) is 11.8 Å². The molecule has 0 unspecified atom stereocenters. The van der Waals surface area contributed by atoms with Crippen LogP contribution in [0.3, 0.4) is 0 Å². The molecule has 1 aliphatic rings. The highest BCUT2D eigenvalue weighted by Crippen LogP contribution is 2.39. The van der Waals surface area contributed by atoms with Crippen molar-refractivity contribution in [2.75, 3.05) is 11.2 Å². The molecule has 4 rings (SSSR count). The number of carbonyl (C=O) groups is 1. The lowest BCUT2D eigenvalue weighted by Crippen LogP contribution is -2.25. The Kier molecular flexibility index (Phi) is 5.38. The molecule has 0 spiro atoms. The molecule has 0 radical (unpaired) electrons. The molecule has 0 saturated heterocycles. The fraction of sp³-hybridized carbons (Fsp3) is 0.0417. The number of para-hydroxylation sites is 1. The molecule has 0 aliphatic carbocycles. The molecule has 3 aromatic rings. The summed E-state index contributed by atoms with van der Waals surface area (Å²) in [5.74, 6) is -0.0321. The van der Waals surface area contributed by atoms with Gasteiger partial charge >= 0.3 is 0 Å². The number of nitrogens with zero attached hydrogens (tertiary/aromatic N) is 1. The Bertz CT molecular complexity index is 1070. The molecule has 0 saturated carbocycles. The van der Waals surface area contributed by atoms with Crippen LogP contribution in [0, 0.1) is 0 Å². The van der Waals surface area contributed by atoms with E-state index in [2.05, 4.69) is 0 Å². The van der Waals surface area contributed by atoms with Crippen molar-refractivity contribution in [2.45, 2.75) is 4.90 Å². The summed E-state index contributed by atoms with van der Waals surface area (Å²) < 4.78 is 0. The van der Waals surface area contributed by atoms with E-state index in [1.54, 1.807) is 16.7 Å². The van der Waals surface area contributed by atoms with E-state index in [1.165, 1.54) is 0 Å². The molecule has 0 atom stereocenters. The fourth-order valence-electron chi connectivity index (χ4n) is 3.23. The van der Waals surface area contributed by atoms with Gasteiger partial charge in [0, 0.05) is 15.5 Å². The summed E-state index contributed by atoms with van der Waals surface area (Å²) in [5, 5.41) is 0.671. The number of carbonyl (C=O) groups excluding carboxylic acids is 1. The van der Waals surface area contributed by atoms with Crippen LogP contribution < -0.4 is 4.90 Å². The Morgan fingerprint density at radius 1 is 0.893 bits per heavy atom. The second kappa shape index (κ2) is 8.09. The van der Waals surface area contributed by atoms with Gasteiger partial charge in [-0.2, -0.15) is 0 Å². The van der Waals surface area contributed by atoms with Crippen molar-refractivity contribution in [3.8, 4) is 0 Å². The topological polar surface area (TPSA) is 20.3 Å². The van der Waals surface area contributed by atoms with E-state index in [9.17, 15) is 4.79 Å². The minimum absolute atomic E-state index is 0.0321. The molecule has 1 amide bonds. The molecule has 0 aromatic heterocycles. The van der Waals surface area contributed by atoms with Crippen LogP contribution in [0.5, 0.6) is 0 Å². The van der Waals surface area contributed by atoms with Crippen LogP contribution in [0.15, 0.2) is 95.4 Å². The Hall–Kier alpha value is -2.75. The summed E-state index contributed by atoms with van der Waals surface area (Å²) in [6, 6.07) is 25.4. The van der Waals surface area contributed by atoms with Gasteiger partial charge in [0.05, 0.1) is 11.4 Å². The normalized spacial score (nSPS) is 15.2. The largest absolute Gasteiger partial charge is 0.275 e. The van der Waals surface area contributed by atoms with Gasteiger partial charge in [0.2, 0.25) is 0 Å². The predicted octanol–water partition coefficient (Wildman–Crippen LogP) is 6.53. The first-order valence-electron chi connectivity index (χ1n) is 8.89. The van der Waals surface area contributed by atoms with Crippen LogP contribution in [0.25, 0.3) is 11.8 Å². The Balaban J connectivity index is 1.86. The standard InChI is InChI=1S/C24H18ClNOS/c1-28-23-10-6-5-9-21(23)26-22(18-11-13-20(25)14-12-18)16-19(24(26)27)15-17-7-3-2-4-8-17/h2-16H,1H3/b19-15+. The minimum Gasteiger partial charge on any atom is -0.275 e. The zero-order valence-corrected chi connectivity index (χ0v) is 16.9. The van der Waals surface area contributed by atoms with Gasteiger partial charge in [-0.3, -0.25) is 9.69 Å². The van der Waals surface area contributed by atoms with Crippen molar-refractivity contribution in [3.05, 3.63) is 107 Å². The van der Waals surface area contributed by atoms with E-state index in [1.807, 2.05) is 97.3 Å². The molecular formula is C24H18ClNOS. The van der Waals surface area contributed by atoms with Gasteiger partial charge in [-0.05, 0) is 53.8 Å². The van der Waals surface area contributed by atoms with Gasteiger partial charge in [0.15, 0.2) is 0 Å². The summed E-state index contributed by atoms with van der Waals surface area (Å²) in [5.41, 5.74) is 4.35. The molecule has 28 heavy (non-hydrogen) atoms. The number of benzene rings is 3. The first kappa shape index (κ1) is 18.6. The lowest BCUT2D eigenvalue weighted by molar-refractivity contribution is -0.113. The molecular weight excluding hydrogens is 386 g/mol. The molecule has 0 N–H and O–H groups in total. The Morgan fingerprint density at radius 2 is 1.57 bits per heavy atom. The summed E-state index contributed by atoms with van der Waals surface area (Å²) in [4.78, 5) is 16.2. The molecule has 2 nitrogen and oxygen atoms in total. The highest BCUT2D eigenvalue weighted by molar-refractivity contribution is 7.98. The van der Waals surface area contributed by atoms with Crippen molar-refractivity contribution in [3.63, 3.8) is 0 Å². The average molecular weight is 404 g/mol. The summed E-state index contributed by atoms with van der Waals surface area (Å²) in [6.07, 6.45) is 5.90.